The molecule has 0 radical (unpaired) electrons. The molecule has 0 aliphatic carbocycles. The van der Waals surface area contributed by atoms with Crippen LogP contribution in [0.1, 0.15) is 95.7 Å². The average molecular weight is 1110 g/mol. The normalized spacial score (nSPS) is 13.3. The number of hydrogen-bond acceptors (Lipinski definition) is 15. The van der Waals surface area contributed by atoms with Gasteiger partial charge >= 0.3 is 23.9 Å². The Labute approximate surface area is 453 Å². The molecular formula is C54H56N4O16S3. The number of nitrogens with one attached hydrogen (secondary N) is 4. The third kappa shape index (κ3) is 18.9. The van der Waals surface area contributed by atoms with Crippen LogP contribution in [0.3, 0.4) is 0 Å². The van der Waals surface area contributed by atoms with Crippen LogP contribution in [0.5, 0.6) is 0 Å². The summed E-state index contributed by atoms with van der Waals surface area (Å²) in [5.74, 6) is -12.7. The first kappa shape index (κ1) is 59.9. The predicted octanol–water partition coefficient (Wildman–Crippen LogP) is 5.86. The number of hydrogen-bond donors (Lipinski definition) is 8. The summed E-state index contributed by atoms with van der Waals surface area (Å²) in [7, 11) is 0. The molecule has 77 heavy (non-hydrogen) atoms. The van der Waals surface area contributed by atoms with E-state index in [4.69, 9.17) is 10.2 Å². The van der Waals surface area contributed by atoms with Crippen molar-refractivity contribution in [3.05, 3.63) is 118 Å². The second-order valence-electron chi connectivity index (χ2n) is 18.0. The van der Waals surface area contributed by atoms with Gasteiger partial charge in [-0.2, -0.15) is 0 Å². The molecule has 0 saturated heterocycles. The van der Waals surface area contributed by atoms with E-state index < -0.39 is 121 Å². The van der Waals surface area contributed by atoms with E-state index in [1.54, 1.807) is 84.9 Å². The van der Waals surface area contributed by atoms with E-state index in [0.717, 1.165) is 19.5 Å². The lowest BCUT2D eigenvalue weighted by molar-refractivity contribution is -0.147. The fourth-order valence-corrected chi connectivity index (χ4v) is 10.9. The number of carboxylic acids is 4. The van der Waals surface area contributed by atoms with Crippen LogP contribution in [0.15, 0.2) is 97.1 Å². The highest BCUT2D eigenvalue weighted by atomic mass is 32.1. The van der Waals surface area contributed by atoms with Crippen LogP contribution in [0, 0.1) is 11.8 Å². The Bertz CT molecular complexity index is 2790. The molecule has 4 amide bonds. The topological polar surface area (TPSA) is 334 Å². The summed E-state index contributed by atoms with van der Waals surface area (Å²) in [6, 6.07) is 22.3. The fraction of sp³-hybridized carbons (Fsp3) is 0.333. The Hall–Kier alpha value is -8.02. The molecule has 8 N–H and O–H groups in total. The number of rotatable bonds is 32. The number of thiophene rings is 3. The van der Waals surface area contributed by atoms with Crippen molar-refractivity contribution in [3.8, 4) is 19.5 Å². The molecule has 5 aromatic rings. The summed E-state index contributed by atoms with van der Waals surface area (Å²) < 4.78 is 0. The van der Waals surface area contributed by atoms with Crippen molar-refractivity contribution >= 4 is 105 Å². The molecule has 0 saturated carbocycles. The van der Waals surface area contributed by atoms with Gasteiger partial charge in [0, 0.05) is 69.9 Å². The summed E-state index contributed by atoms with van der Waals surface area (Å²) in [6.07, 6.45) is -3.28. The molecule has 5 rings (SSSR count). The van der Waals surface area contributed by atoms with E-state index in [2.05, 4.69) is 21.3 Å². The van der Waals surface area contributed by atoms with Crippen molar-refractivity contribution in [2.75, 3.05) is 0 Å². The van der Waals surface area contributed by atoms with Crippen molar-refractivity contribution in [1.82, 2.24) is 21.3 Å². The monoisotopic (exact) mass is 1110 g/mol. The second kappa shape index (κ2) is 28.8. The quantitative estimate of drug-likeness (QED) is 0.0234. The minimum absolute atomic E-state index is 0.0342. The van der Waals surface area contributed by atoms with Crippen molar-refractivity contribution < 1.29 is 78.0 Å². The van der Waals surface area contributed by atoms with Crippen LogP contribution in [0.25, 0.3) is 19.5 Å². The van der Waals surface area contributed by atoms with Crippen molar-refractivity contribution in [2.45, 2.75) is 102 Å². The molecule has 20 nitrogen and oxygen atoms in total. The number of carbonyl (C=O) groups is 12. The number of benzene rings is 2. The summed E-state index contributed by atoms with van der Waals surface area (Å²) in [5.41, 5.74) is 1.34. The first-order valence-corrected chi connectivity index (χ1v) is 26.6. The predicted molar refractivity (Wildman–Crippen MR) is 283 cm³/mol. The smallest absolute Gasteiger partial charge is 0.326 e. The van der Waals surface area contributed by atoms with Gasteiger partial charge in [0.15, 0.2) is 23.1 Å². The highest BCUT2D eigenvalue weighted by Crippen LogP contribution is 2.40. The van der Waals surface area contributed by atoms with E-state index in [1.807, 2.05) is 12.1 Å². The number of amides is 4. The molecular weight excluding hydrogens is 1060 g/mol. The van der Waals surface area contributed by atoms with E-state index >= 15 is 0 Å². The van der Waals surface area contributed by atoms with Crippen LogP contribution in [0.4, 0.5) is 0 Å². The number of carbonyl (C=O) groups excluding carboxylic acids is 8. The Morgan fingerprint density at radius 3 is 1.09 bits per heavy atom. The molecule has 0 aliphatic rings. The van der Waals surface area contributed by atoms with E-state index in [0.29, 0.717) is 20.9 Å². The Balaban J connectivity index is 1.09. The summed E-state index contributed by atoms with van der Waals surface area (Å²) in [4.78, 5) is 155. The molecule has 6 atom stereocenters. The maximum atomic E-state index is 13.3. The van der Waals surface area contributed by atoms with Gasteiger partial charge in [-0.15, -0.1) is 34.0 Å². The molecule has 0 bridgehead atoms. The minimum atomic E-state index is -1.72. The maximum absolute atomic E-state index is 13.3. The molecule has 23 heteroatoms. The van der Waals surface area contributed by atoms with Gasteiger partial charge in [0.25, 0.3) is 0 Å². The van der Waals surface area contributed by atoms with Gasteiger partial charge in [-0.3, -0.25) is 47.9 Å². The van der Waals surface area contributed by atoms with E-state index in [1.165, 1.54) is 47.9 Å². The zero-order valence-electron chi connectivity index (χ0n) is 41.7. The summed E-state index contributed by atoms with van der Waals surface area (Å²) in [5, 5.41) is 46.6. The minimum Gasteiger partial charge on any atom is -0.481 e. The van der Waals surface area contributed by atoms with Gasteiger partial charge in [-0.05, 0) is 74.2 Å². The molecule has 406 valence electrons. The van der Waals surface area contributed by atoms with Crippen molar-refractivity contribution in [1.29, 1.82) is 0 Å². The third-order valence-electron chi connectivity index (χ3n) is 12.0. The molecule has 0 spiro atoms. The fourth-order valence-electron chi connectivity index (χ4n) is 7.81. The lowest BCUT2D eigenvalue weighted by Crippen LogP contribution is -2.46. The standard InChI is InChI=1S/C54H56N4O16S3/c1-29(39(61)25-33(23-31-9-5-3-6-10-31)51(69)57-35(53(71)72)27-49(65)66)55-47(63)21-13-37(59)41-15-17-43(75-41)45-19-20-46(77-45)44-18-16-42(76-44)38(60)14-22-48(64)56-30(2)40(62)26-34(24-32-11-7-4-8-12-32)52(70)58-36(54(73)74)28-50(67)68/h3-12,15-20,29-30,33-36H,13-14,21-28H2,1-2H3,(H,55,63)(H,56,64)(H,57,69)(H,58,70)(H,65,66)(H,67,68)(H,71,72)(H,73,74)/t29-,30?,33?,34+,35-,36?/m0/s1. The van der Waals surface area contributed by atoms with Gasteiger partial charge in [0.05, 0.1) is 34.7 Å². The van der Waals surface area contributed by atoms with Crippen LogP contribution >= 0.6 is 34.0 Å². The zero-order valence-corrected chi connectivity index (χ0v) is 44.1. The van der Waals surface area contributed by atoms with Gasteiger partial charge in [-0.25, -0.2) is 9.59 Å². The summed E-state index contributed by atoms with van der Waals surface area (Å²) in [6.45, 7) is 2.85. The molecule has 3 unspecified atom stereocenters. The van der Waals surface area contributed by atoms with Gasteiger partial charge < -0.3 is 41.7 Å². The van der Waals surface area contributed by atoms with Crippen LogP contribution < -0.4 is 21.3 Å². The van der Waals surface area contributed by atoms with Gasteiger partial charge in [0.2, 0.25) is 23.6 Å². The van der Waals surface area contributed by atoms with E-state index in [-0.39, 0.29) is 50.1 Å². The number of Topliss-reactive ketones (excluding diaryl/α,β-unsaturated/α-hetero) is 4. The zero-order chi connectivity index (χ0) is 56.3. The Morgan fingerprint density at radius 2 is 0.753 bits per heavy atom. The Morgan fingerprint density at radius 1 is 0.416 bits per heavy atom. The first-order chi connectivity index (χ1) is 36.6. The number of ketones is 4. The van der Waals surface area contributed by atoms with Crippen LogP contribution in [-0.4, -0.2) is 115 Å². The molecule has 2 aromatic carbocycles. The highest BCUT2D eigenvalue weighted by molar-refractivity contribution is 7.27. The van der Waals surface area contributed by atoms with Crippen molar-refractivity contribution in [2.24, 2.45) is 11.8 Å². The molecule has 0 fully saturated rings. The maximum Gasteiger partial charge on any atom is 0.326 e. The SMILES string of the molecule is CC(NC(=O)CCC(=O)c1ccc(-c2ccc(-c3ccc(C(=O)CCC(=O)N[C@@H](C)C(=O)CC(Cc4ccccc4)C(=O)N[C@@H](CC(=O)O)C(=O)O)s3)s2)s1)C(=O)C[C@@H](Cc1ccccc1)C(=O)NC(CC(=O)O)C(=O)O. The molecule has 0 aliphatic heterocycles. The van der Waals surface area contributed by atoms with Crippen LogP contribution in [-0.2, 0) is 60.8 Å². The van der Waals surface area contributed by atoms with Gasteiger partial charge in [-0.1, -0.05) is 60.7 Å². The van der Waals surface area contributed by atoms with Crippen LogP contribution in [0.2, 0.25) is 0 Å². The number of aliphatic carboxylic acids is 4. The Kier molecular flexibility index (Phi) is 22.4. The summed E-state index contributed by atoms with van der Waals surface area (Å²) >= 11 is 3.88. The average Bonchev–Trinajstić information content (AvgIpc) is 4.20. The van der Waals surface area contributed by atoms with Gasteiger partial charge in [0.1, 0.15) is 12.1 Å². The lowest BCUT2D eigenvalue weighted by Gasteiger charge is -2.21. The largest absolute Gasteiger partial charge is 0.481 e. The molecule has 3 aromatic heterocycles. The van der Waals surface area contributed by atoms with E-state index in [9.17, 15) is 67.7 Å². The number of carboxylic acid groups (broad SMARTS) is 4. The highest BCUT2D eigenvalue weighted by Gasteiger charge is 2.32. The lowest BCUT2D eigenvalue weighted by atomic mass is 9.91. The van der Waals surface area contributed by atoms with Crippen molar-refractivity contribution in [3.63, 3.8) is 0 Å². The second-order valence-corrected chi connectivity index (χ2v) is 21.3. The molecule has 3 heterocycles. The first-order valence-electron chi connectivity index (χ1n) is 24.1. The third-order valence-corrected chi connectivity index (χ3v) is 15.7.